The maximum absolute atomic E-state index is 12.7. The van der Waals surface area contributed by atoms with E-state index >= 15 is 0 Å². The largest absolute Gasteiger partial charge is 0.478 e. The van der Waals surface area contributed by atoms with E-state index in [-0.39, 0.29) is 0 Å². The fourth-order valence-corrected chi connectivity index (χ4v) is 8.57. The third-order valence-electron chi connectivity index (χ3n) is 11.6. The van der Waals surface area contributed by atoms with Crippen LogP contribution in [0.2, 0.25) is 0 Å². The van der Waals surface area contributed by atoms with Gasteiger partial charge in [-0.05, 0) is 130 Å². The lowest BCUT2D eigenvalue weighted by molar-refractivity contribution is 0.0694. The van der Waals surface area contributed by atoms with Gasteiger partial charge in [0.25, 0.3) is 5.91 Å². The Labute approximate surface area is 361 Å². The first-order valence-electron chi connectivity index (χ1n) is 21.0. The van der Waals surface area contributed by atoms with E-state index in [1.807, 2.05) is 48.8 Å². The number of carbonyl (C=O) groups is 2. The monoisotopic (exact) mass is 841 g/mol. The quantitative estimate of drug-likeness (QED) is 0.118. The molecule has 4 aromatic heterocycles. The predicted molar refractivity (Wildman–Crippen MR) is 242 cm³/mol. The number of carboxylic acid groups (broad SMARTS) is 1. The van der Waals surface area contributed by atoms with Crippen molar-refractivity contribution >= 4 is 43.7 Å². The van der Waals surface area contributed by atoms with Gasteiger partial charge in [-0.25, -0.2) is 17.9 Å². The fourth-order valence-electron chi connectivity index (χ4n) is 8.13. The van der Waals surface area contributed by atoms with E-state index in [1.165, 1.54) is 16.6 Å². The smallest absolute Gasteiger partial charge is 0.337 e. The van der Waals surface area contributed by atoms with Crippen LogP contribution in [0, 0.1) is 0 Å². The zero-order chi connectivity index (χ0) is 42.8. The number of benzene rings is 4. The van der Waals surface area contributed by atoms with Gasteiger partial charge in [-0.15, -0.1) is 0 Å². The number of hydrogen-bond acceptors (Lipinski definition) is 6. The normalized spacial score (nSPS) is 13.8. The minimum Gasteiger partial charge on any atom is -0.478 e. The maximum Gasteiger partial charge on any atom is 0.337 e. The number of fused-ring (bicyclic) bond motifs is 2. The molecular weight excluding hydrogens is 795 g/mol. The SMILES string of the molecule is CS(=O)(=O)NC(=O)c1cc(C2CC2)cnc1Cc1ccc2c(ccn2Cc2ccccc2)c1.O=C(O)c1cc(C2CC2)cnc1Cc1ccc2c(ccn2Cc2ccccc2)c1. The van der Waals surface area contributed by atoms with Crippen LogP contribution < -0.4 is 4.72 Å². The van der Waals surface area contributed by atoms with Crippen molar-refractivity contribution in [1.82, 2.24) is 23.8 Å². The highest BCUT2D eigenvalue weighted by Gasteiger charge is 2.27. The molecule has 10 nitrogen and oxygen atoms in total. The first-order valence-corrected chi connectivity index (χ1v) is 22.9. The summed E-state index contributed by atoms with van der Waals surface area (Å²) >= 11 is 0. The average Bonchev–Trinajstić information content (AvgIpc) is 4.21. The Hall–Kier alpha value is -6.85. The Balaban J connectivity index is 0.000000159. The zero-order valence-corrected chi connectivity index (χ0v) is 35.3. The van der Waals surface area contributed by atoms with Crippen molar-refractivity contribution in [2.45, 2.75) is 63.5 Å². The Morgan fingerprint density at radius 1 is 0.613 bits per heavy atom. The lowest BCUT2D eigenvalue weighted by Crippen LogP contribution is -2.30. The second kappa shape index (κ2) is 17.3. The Morgan fingerprint density at radius 3 is 1.50 bits per heavy atom. The number of amides is 1. The number of nitrogens with one attached hydrogen (secondary N) is 1. The third kappa shape index (κ3) is 9.69. The summed E-state index contributed by atoms with van der Waals surface area (Å²) in [6.07, 6.45) is 14.2. The van der Waals surface area contributed by atoms with Crippen LogP contribution in [0.4, 0.5) is 0 Å². The van der Waals surface area contributed by atoms with Gasteiger partial charge >= 0.3 is 5.97 Å². The predicted octanol–water partition coefficient (Wildman–Crippen LogP) is 9.49. The number of nitrogens with zero attached hydrogens (tertiary/aromatic N) is 4. The molecule has 0 radical (unpaired) electrons. The van der Waals surface area contributed by atoms with Crippen molar-refractivity contribution < 1.29 is 23.1 Å². The molecule has 10 rings (SSSR count). The summed E-state index contributed by atoms with van der Waals surface area (Å²) in [7, 11) is -3.66. The number of sulfonamides is 1. The topological polar surface area (TPSA) is 136 Å². The van der Waals surface area contributed by atoms with E-state index in [4.69, 9.17) is 0 Å². The first-order chi connectivity index (χ1) is 30.0. The molecule has 2 saturated carbocycles. The van der Waals surface area contributed by atoms with Crippen LogP contribution in [0.5, 0.6) is 0 Å². The summed E-state index contributed by atoms with van der Waals surface area (Å²) in [5, 5.41) is 11.9. The molecule has 2 aliphatic rings. The summed E-state index contributed by atoms with van der Waals surface area (Å²) in [5.41, 5.74) is 10.8. The number of carbonyl (C=O) groups excluding carboxylic acids is 1. The van der Waals surface area contributed by atoms with E-state index in [0.717, 1.165) is 83.6 Å². The number of rotatable bonds is 13. The Morgan fingerprint density at radius 2 is 1.06 bits per heavy atom. The number of aromatic nitrogens is 4. The molecule has 312 valence electrons. The minimum absolute atomic E-state index is 0.326. The zero-order valence-electron chi connectivity index (χ0n) is 34.4. The molecule has 8 aromatic rings. The van der Waals surface area contributed by atoms with Gasteiger partial charge < -0.3 is 14.2 Å². The highest BCUT2D eigenvalue weighted by Crippen LogP contribution is 2.41. The van der Waals surface area contributed by atoms with Gasteiger partial charge in [-0.2, -0.15) is 0 Å². The van der Waals surface area contributed by atoms with Crippen molar-refractivity contribution in [3.63, 3.8) is 0 Å². The van der Waals surface area contributed by atoms with Gasteiger partial charge in [0.05, 0.1) is 28.8 Å². The van der Waals surface area contributed by atoms with Crippen LogP contribution >= 0.6 is 0 Å². The lowest BCUT2D eigenvalue weighted by atomic mass is 10.0. The van der Waals surface area contributed by atoms with Gasteiger partial charge in [0.2, 0.25) is 10.0 Å². The molecule has 11 heteroatoms. The minimum atomic E-state index is -3.66. The molecule has 2 N–H and O–H groups in total. The fraction of sp³-hybridized carbons (Fsp3) is 0.216. The number of aromatic carboxylic acids is 1. The molecule has 62 heavy (non-hydrogen) atoms. The highest BCUT2D eigenvalue weighted by molar-refractivity contribution is 7.89. The summed E-state index contributed by atoms with van der Waals surface area (Å²) in [6, 6.07) is 41.1. The van der Waals surface area contributed by atoms with Gasteiger partial charge in [0, 0.05) is 61.8 Å². The Kier molecular flexibility index (Phi) is 11.3. The molecule has 1 amide bonds. The van der Waals surface area contributed by atoms with Crippen LogP contribution in [-0.4, -0.2) is 50.8 Å². The second-order valence-electron chi connectivity index (χ2n) is 16.6. The molecule has 4 heterocycles. The molecule has 4 aromatic carbocycles. The van der Waals surface area contributed by atoms with Gasteiger partial charge in [0.15, 0.2) is 0 Å². The molecule has 0 unspecified atom stereocenters. The van der Waals surface area contributed by atoms with E-state index in [1.54, 1.807) is 6.07 Å². The highest BCUT2D eigenvalue weighted by atomic mass is 32.2. The van der Waals surface area contributed by atoms with Gasteiger partial charge in [0.1, 0.15) is 0 Å². The molecule has 0 bridgehead atoms. The van der Waals surface area contributed by atoms with Crippen LogP contribution in [0.1, 0.15) is 103 Å². The van der Waals surface area contributed by atoms with Crippen LogP contribution in [0.15, 0.2) is 146 Å². The average molecular weight is 842 g/mol. The first kappa shape index (κ1) is 40.6. The van der Waals surface area contributed by atoms with Crippen LogP contribution in [-0.2, 0) is 36.0 Å². The lowest BCUT2D eigenvalue weighted by Gasteiger charge is -2.11. The molecule has 2 aliphatic carbocycles. The van der Waals surface area contributed by atoms with E-state index in [9.17, 15) is 23.1 Å². The van der Waals surface area contributed by atoms with E-state index in [2.05, 4.69) is 115 Å². The summed E-state index contributed by atoms with van der Waals surface area (Å²) in [5.74, 6) is -0.616. The Bertz CT molecular complexity index is 3040. The molecule has 2 fully saturated rings. The third-order valence-corrected chi connectivity index (χ3v) is 12.2. The van der Waals surface area contributed by atoms with Crippen molar-refractivity contribution in [2.24, 2.45) is 0 Å². The molecular formula is C51H47N5O5S. The van der Waals surface area contributed by atoms with Crippen molar-refractivity contribution in [3.8, 4) is 0 Å². The summed E-state index contributed by atoms with van der Waals surface area (Å²) < 4.78 is 29.8. The molecule has 0 saturated heterocycles. The van der Waals surface area contributed by atoms with E-state index < -0.39 is 21.9 Å². The number of carboxylic acids is 1. The maximum atomic E-state index is 12.7. The van der Waals surface area contributed by atoms with Gasteiger partial charge in [-0.3, -0.25) is 14.8 Å². The molecule has 0 aliphatic heterocycles. The van der Waals surface area contributed by atoms with Crippen LogP contribution in [0.3, 0.4) is 0 Å². The summed E-state index contributed by atoms with van der Waals surface area (Å²) in [6.45, 7) is 1.63. The van der Waals surface area contributed by atoms with Crippen molar-refractivity contribution in [2.75, 3.05) is 6.26 Å². The number of pyridine rings is 2. The number of hydrogen-bond donors (Lipinski definition) is 2. The molecule has 0 spiro atoms. The van der Waals surface area contributed by atoms with Crippen molar-refractivity contribution in [1.29, 1.82) is 0 Å². The van der Waals surface area contributed by atoms with Crippen molar-refractivity contribution in [3.05, 3.63) is 202 Å². The molecule has 0 atom stereocenters. The van der Waals surface area contributed by atoms with Crippen LogP contribution in [0.25, 0.3) is 21.8 Å². The van der Waals surface area contributed by atoms with E-state index in [0.29, 0.717) is 47.2 Å². The second-order valence-corrected chi connectivity index (χ2v) is 18.3. The standard InChI is InChI=1S/C26H25N3O3S.C25H22N2O2/c1-33(31,32)28-26(30)23-15-22(20-8-9-20)16-27-24(23)14-19-7-10-25-21(13-19)11-12-29(25)17-18-5-3-2-4-6-18;28-25(29)22-14-21(19-7-8-19)15-26-23(22)13-18-6-9-24-20(12-18)10-11-27(24)16-17-4-2-1-3-5-17/h2-7,10-13,15-16,20H,8-9,14,17H2,1H3,(H,28,30);1-6,9-12,14-15,19H,7-8,13,16H2,(H,28,29). The van der Waals surface area contributed by atoms with Gasteiger partial charge in [-0.1, -0.05) is 72.8 Å². The summed E-state index contributed by atoms with van der Waals surface area (Å²) in [4.78, 5) is 33.6.